The van der Waals surface area contributed by atoms with Crippen molar-refractivity contribution in [3.05, 3.63) is 23.8 Å². The summed E-state index contributed by atoms with van der Waals surface area (Å²) in [7, 11) is 0. The van der Waals surface area contributed by atoms with Crippen molar-refractivity contribution in [1.29, 1.82) is 0 Å². The molecule has 0 radical (unpaired) electrons. The molecule has 0 spiro atoms. The molecule has 1 aromatic carbocycles. The van der Waals surface area contributed by atoms with Gasteiger partial charge in [0.15, 0.2) is 0 Å². The minimum Gasteiger partial charge on any atom is -0.493 e. The fourth-order valence-electron chi connectivity index (χ4n) is 4.38. The van der Waals surface area contributed by atoms with Crippen LogP contribution in [0.1, 0.15) is 130 Å². The highest BCUT2D eigenvalue weighted by Crippen LogP contribution is 2.29. The maximum Gasteiger partial charge on any atom is 0.309 e. The van der Waals surface area contributed by atoms with E-state index >= 15 is 0 Å². The Labute approximate surface area is 231 Å². The third-order valence-corrected chi connectivity index (χ3v) is 7.41. The van der Waals surface area contributed by atoms with Gasteiger partial charge in [-0.25, -0.2) is 0 Å². The second-order valence-electron chi connectivity index (χ2n) is 12.0. The summed E-state index contributed by atoms with van der Waals surface area (Å²) in [5.74, 6) is -0.0700. The SMILES string of the molecule is CCCCCCCCCCCCc1ccc(OCCCC(C)(C)C(=O)O)cc1OCCCC(C)(C)C(=O)O. The standard InChI is InChI=1S/C32H54O6/c1-6-7-8-9-10-11-12-13-14-15-18-26-19-20-27(37-23-16-21-31(2,3)29(33)34)25-28(26)38-24-17-22-32(4,5)30(35)36/h19-20,25H,6-18,21-24H2,1-5H3,(H,33,34)(H,35,36). The van der Waals surface area contributed by atoms with Gasteiger partial charge in [0.25, 0.3) is 0 Å². The Kier molecular flexibility index (Phi) is 16.1. The number of ether oxygens (including phenoxy) is 2. The number of benzene rings is 1. The monoisotopic (exact) mass is 534 g/mol. The number of aryl methyl sites for hydroxylation is 1. The fourth-order valence-corrected chi connectivity index (χ4v) is 4.38. The Morgan fingerprint density at radius 2 is 1.16 bits per heavy atom. The number of hydrogen-bond donors (Lipinski definition) is 2. The van der Waals surface area contributed by atoms with Crippen LogP contribution in [0.5, 0.6) is 11.5 Å². The number of carbonyl (C=O) groups is 2. The van der Waals surface area contributed by atoms with Crippen LogP contribution in [0.15, 0.2) is 18.2 Å². The van der Waals surface area contributed by atoms with E-state index in [9.17, 15) is 19.8 Å². The van der Waals surface area contributed by atoms with E-state index < -0.39 is 22.8 Å². The zero-order valence-electron chi connectivity index (χ0n) is 24.8. The molecule has 0 fully saturated rings. The molecule has 0 aliphatic carbocycles. The smallest absolute Gasteiger partial charge is 0.309 e. The van der Waals surface area contributed by atoms with Gasteiger partial charge in [0.1, 0.15) is 11.5 Å². The number of rotatable bonds is 23. The van der Waals surface area contributed by atoms with Crippen molar-refractivity contribution in [3.63, 3.8) is 0 Å². The quantitative estimate of drug-likeness (QED) is 0.136. The second kappa shape index (κ2) is 18.1. The molecule has 0 aliphatic rings. The Hall–Kier alpha value is -2.24. The van der Waals surface area contributed by atoms with Crippen molar-refractivity contribution >= 4 is 11.9 Å². The van der Waals surface area contributed by atoms with Crippen molar-refractivity contribution in [1.82, 2.24) is 0 Å². The number of carboxylic acids is 2. The highest BCUT2D eigenvalue weighted by atomic mass is 16.5. The second-order valence-corrected chi connectivity index (χ2v) is 12.0. The molecule has 0 amide bonds. The van der Waals surface area contributed by atoms with Gasteiger partial charge in [-0.2, -0.15) is 0 Å². The molecule has 0 aromatic heterocycles. The predicted octanol–water partition coefficient (Wildman–Crippen LogP) is 8.69. The first kappa shape index (κ1) is 33.8. The predicted molar refractivity (Wildman–Crippen MR) is 154 cm³/mol. The molecule has 0 bridgehead atoms. The molecule has 218 valence electrons. The maximum absolute atomic E-state index is 11.4. The van der Waals surface area contributed by atoms with Crippen LogP contribution < -0.4 is 9.47 Å². The first-order chi connectivity index (χ1) is 18.0. The summed E-state index contributed by atoms with van der Waals surface area (Å²) in [6, 6.07) is 5.96. The van der Waals surface area contributed by atoms with Crippen molar-refractivity contribution < 1.29 is 29.3 Å². The van der Waals surface area contributed by atoms with Crippen molar-refractivity contribution in [2.45, 2.75) is 131 Å². The molecular formula is C32H54O6. The first-order valence-electron chi connectivity index (χ1n) is 14.8. The molecule has 38 heavy (non-hydrogen) atoms. The molecule has 2 N–H and O–H groups in total. The zero-order valence-corrected chi connectivity index (χ0v) is 24.8. The number of hydrogen-bond acceptors (Lipinski definition) is 4. The molecule has 0 heterocycles. The fraction of sp³-hybridized carbons (Fsp3) is 0.750. The van der Waals surface area contributed by atoms with Crippen LogP contribution >= 0.6 is 0 Å². The van der Waals surface area contributed by atoms with E-state index in [-0.39, 0.29) is 0 Å². The molecule has 6 nitrogen and oxygen atoms in total. The van der Waals surface area contributed by atoms with Gasteiger partial charge in [0, 0.05) is 6.07 Å². The summed E-state index contributed by atoms with van der Waals surface area (Å²) in [5.41, 5.74) is -0.377. The van der Waals surface area contributed by atoms with Crippen LogP contribution in [0, 0.1) is 10.8 Å². The molecule has 0 saturated carbocycles. The highest BCUT2D eigenvalue weighted by molar-refractivity contribution is 5.73. The van der Waals surface area contributed by atoms with E-state index in [4.69, 9.17) is 9.47 Å². The third kappa shape index (κ3) is 14.1. The molecule has 1 aromatic rings. The summed E-state index contributed by atoms with van der Waals surface area (Å²) < 4.78 is 12.1. The molecule has 1 rings (SSSR count). The topological polar surface area (TPSA) is 93.1 Å². The molecule has 0 unspecified atom stereocenters. The lowest BCUT2D eigenvalue weighted by Crippen LogP contribution is -2.24. The van der Waals surface area contributed by atoms with Crippen LogP contribution in [0.4, 0.5) is 0 Å². The van der Waals surface area contributed by atoms with Crippen LogP contribution in [0.3, 0.4) is 0 Å². The number of aliphatic carboxylic acids is 2. The van der Waals surface area contributed by atoms with E-state index in [0.29, 0.717) is 44.6 Å². The highest BCUT2D eigenvalue weighted by Gasteiger charge is 2.27. The lowest BCUT2D eigenvalue weighted by atomic mass is 9.88. The van der Waals surface area contributed by atoms with Gasteiger partial charge >= 0.3 is 11.9 Å². The largest absolute Gasteiger partial charge is 0.493 e. The normalized spacial score (nSPS) is 11.9. The Bertz CT molecular complexity index is 814. The number of unbranched alkanes of at least 4 members (excludes halogenated alkanes) is 9. The third-order valence-electron chi connectivity index (χ3n) is 7.41. The van der Waals surface area contributed by atoms with E-state index in [1.54, 1.807) is 27.7 Å². The average Bonchev–Trinajstić information content (AvgIpc) is 2.86. The van der Waals surface area contributed by atoms with Gasteiger partial charge in [0.05, 0.1) is 24.0 Å². The molecular weight excluding hydrogens is 480 g/mol. The van der Waals surface area contributed by atoms with E-state index in [0.717, 1.165) is 24.2 Å². The van der Waals surface area contributed by atoms with Gasteiger partial charge in [-0.1, -0.05) is 70.8 Å². The van der Waals surface area contributed by atoms with Gasteiger partial charge < -0.3 is 19.7 Å². The maximum atomic E-state index is 11.4. The van der Waals surface area contributed by atoms with Crippen molar-refractivity contribution in [2.75, 3.05) is 13.2 Å². The van der Waals surface area contributed by atoms with Gasteiger partial charge in [-0.15, -0.1) is 0 Å². The summed E-state index contributed by atoms with van der Waals surface area (Å²) in [6.07, 6.45) is 16.3. The average molecular weight is 535 g/mol. The van der Waals surface area contributed by atoms with Crippen LogP contribution in [0.25, 0.3) is 0 Å². The molecule has 6 heteroatoms. The van der Waals surface area contributed by atoms with E-state index in [2.05, 4.69) is 13.0 Å². The van der Waals surface area contributed by atoms with Crippen molar-refractivity contribution in [3.8, 4) is 11.5 Å². The zero-order chi connectivity index (χ0) is 28.4. The number of carboxylic acid groups (broad SMARTS) is 2. The van der Waals surface area contributed by atoms with Crippen LogP contribution in [-0.4, -0.2) is 35.4 Å². The minimum absolute atomic E-state index is 0.445. The Morgan fingerprint density at radius 3 is 1.66 bits per heavy atom. The molecule has 0 aliphatic heterocycles. The molecule has 0 atom stereocenters. The van der Waals surface area contributed by atoms with Gasteiger partial charge in [0.2, 0.25) is 0 Å². The lowest BCUT2D eigenvalue weighted by Gasteiger charge is -2.20. The Balaban J connectivity index is 2.59. The Morgan fingerprint density at radius 1 is 0.684 bits per heavy atom. The van der Waals surface area contributed by atoms with Crippen LogP contribution in [-0.2, 0) is 16.0 Å². The van der Waals surface area contributed by atoms with E-state index in [1.165, 1.54) is 57.8 Å². The summed E-state index contributed by atoms with van der Waals surface area (Å²) >= 11 is 0. The molecule has 0 saturated heterocycles. The summed E-state index contributed by atoms with van der Waals surface area (Å²) in [4.78, 5) is 22.7. The van der Waals surface area contributed by atoms with Crippen LogP contribution in [0.2, 0.25) is 0 Å². The summed E-state index contributed by atoms with van der Waals surface area (Å²) in [6.45, 7) is 10.1. The van der Waals surface area contributed by atoms with Crippen molar-refractivity contribution in [2.24, 2.45) is 10.8 Å². The first-order valence-corrected chi connectivity index (χ1v) is 14.8. The van der Waals surface area contributed by atoms with Gasteiger partial charge in [-0.05, 0) is 77.8 Å². The summed E-state index contributed by atoms with van der Waals surface area (Å²) in [5, 5.41) is 18.6. The van der Waals surface area contributed by atoms with Gasteiger partial charge in [-0.3, -0.25) is 9.59 Å². The van der Waals surface area contributed by atoms with E-state index in [1.807, 2.05) is 12.1 Å². The lowest BCUT2D eigenvalue weighted by molar-refractivity contribution is -0.148. The minimum atomic E-state index is -0.796.